The molecule has 2 atom stereocenters. The molecule has 0 aliphatic rings. The summed E-state index contributed by atoms with van der Waals surface area (Å²) in [5.74, 6) is 1.25. The highest BCUT2D eigenvalue weighted by atomic mass is 16.5. The summed E-state index contributed by atoms with van der Waals surface area (Å²) in [5.41, 5.74) is 0.781. The zero-order valence-electron chi connectivity index (χ0n) is 11.6. The van der Waals surface area contributed by atoms with Gasteiger partial charge in [-0.1, -0.05) is 38.5 Å². The molecule has 0 spiro atoms. The van der Waals surface area contributed by atoms with Crippen molar-refractivity contribution in [2.75, 3.05) is 20.3 Å². The van der Waals surface area contributed by atoms with Crippen LogP contribution in [-0.2, 0) is 4.74 Å². The van der Waals surface area contributed by atoms with Gasteiger partial charge in [-0.15, -0.1) is 0 Å². The highest BCUT2D eigenvalue weighted by molar-refractivity contribution is 5.34. The number of para-hydroxylation sites is 1. The smallest absolute Gasteiger partial charge is 0.124 e. The molecule has 0 aromatic heterocycles. The normalized spacial score (nSPS) is 14.2. The minimum absolute atomic E-state index is 0.314. The molecule has 0 saturated carbocycles. The lowest BCUT2D eigenvalue weighted by Crippen LogP contribution is -2.12. The quantitative estimate of drug-likeness (QED) is 0.772. The molecule has 0 fully saturated rings. The van der Waals surface area contributed by atoms with Crippen LogP contribution in [0.2, 0.25) is 0 Å². The standard InChI is InChI=1S/C15H24O3/c1-4-7-12(2)10-18-11-14(16)13-8-5-6-9-15(13)17-3/h5-6,8-9,12,14,16H,4,7,10-11H2,1-3H3. The van der Waals surface area contributed by atoms with Crippen molar-refractivity contribution in [2.45, 2.75) is 32.8 Å². The predicted octanol–water partition coefficient (Wildman–Crippen LogP) is 3.18. The molecule has 0 aliphatic heterocycles. The maximum absolute atomic E-state index is 10.1. The van der Waals surface area contributed by atoms with Gasteiger partial charge < -0.3 is 14.6 Å². The average molecular weight is 252 g/mol. The Balaban J connectivity index is 2.42. The maximum Gasteiger partial charge on any atom is 0.124 e. The van der Waals surface area contributed by atoms with Crippen LogP contribution in [0.25, 0.3) is 0 Å². The first kappa shape index (κ1) is 15.0. The number of benzene rings is 1. The Labute approximate surface area is 110 Å². The van der Waals surface area contributed by atoms with Gasteiger partial charge in [0, 0.05) is 12.2 Å². The van der Waals surface area contributed by atoms with Crippen molar-refractivity contribution in [3.63, 3.8) is 0 Å². The van der Waals surface area contributed by atoms with Crippen molar-refractivity contribution in [3.8, 4) is 5.75 Å². The van der Waals surface area contributed by atoms with E-state index in [0.717, 1.165) is 12.0 Å². The Morgan fingerprint density at radius 3 is 2.61 bits per heavy atom. The lowest BCUT2D eigenvalue weighted by Gasteiger charge is -2.16. The molecule has 0 bridgehead atoms. The van der Waals surface area contributed by atoms with E-state index in [1.807, 2.05) is 24.3 Å². The molecule has 1 rings (SSSR count). The summed E-state index contributed by atoms with van der Waals surface area (Å²) in [6, 6.07) is 7.49. The Bertz CT molecular complexity index is 338. The predicted molar refractivity (Wildman–Crippen MR) is 72.8 cm³/mol. The maximum atomic E-state index is 10.1. The third kappa shape index (κ3) is 4.67. The molecule has 0 radical (unpaired) electrons. The first-order valence-corrected chi connectivity index (χ1v) is 6.57. The van der Waals surface area contributed by atoms with Crippen molar-refractivity contribution in [1.82, 2.24) is 0 Å². The molecule has 18 heavy (non-hydrogen) atoms. The van der Waals surface area contributed by atoms with Crippen LogP contribution >= 0.6 is 0 Å². The van der Waals surface area contributed by atoms with E-state index in [4.69, 9.17) is 9.47 Å². The van der Waals surface area contributed by atoms with Gasteiger partial charge >= 0.3 is 0 Å². The number of rotatable bonds is 8. The summed E-state index contributed by atoms with van der Waals surface area (Å²) in [7, 11) is 1.61. The molecule has 0 saturated heterocycles. The lowest BCUT2D eigenvalue weighted by molar-refractivity contribution is 0.0205. The van der Waals surface area contributed by atoms with Crippen molar-refractivity contribution >= 4 is 0 Å². The van der Waals surface area contributed by atoms with Gasteiger partial charge in [0.05, 0.1) is 13.7 Å². The lowest BCUT2D eigenvalue weighted by atomic mass is 10.1. The van der Waals surface area contributed by atoms with E-state index in [1.165, 1.54) is 6.42 Å². The fraction of sp³-hybridized carbons (Fsp3) is 0.600. The molecule has 0 aliphatic carbocycles. The van der Waals surface area contributed by atoms with Crippen molar-refractivity contribution in [2.24, 2.45) is 5.92 Å². The van der Waals surface area contributed by atoms with Crippen LogP contribution in [0.5, 0.6) is 5.75 Å². The summed E-state index contributed by atoms with van der Waals surface area (Å²) in [6.45, 7) is 5.34. The summed E-state index contributed by atoms with van der Waals surface area (Å²) in [6.07, 6.45) is 1.69. The van der Waals surface area contributed by atoms with E-state index in [-0.39, 0.29) is 0 Å². The molecule has 2 unspecified atom stereocenters. The van der Waals surface area contributed by atoms with Crippen LogP contribution in [0.3, 0.4) is 0 Å². The molecule has 1 aromatic carbocycles. The van der Waals surface area contributed by atoms with Crippen LogP contribution < -0.4 is 4.74 Å². The van der Waals surface area contributed by atoms with Crippen molar-refractivity contribution < 1.29 is 14.6 Å². The minimum atomic E-state index is -0.630. The van der Waals surface area contributed by atoms with Crippen LogP contribution in [0.4, 0.5) is 0 Å². The van der Waals surface area contributed by atoms with Gasteiger partial charge in [0.15, 0.2) is 0 Å². The summed E-state index contributed by atoms with van der Waals surface area (Å²) >= 11 is 0. The Kier molecular flexibility index (Phi) is 6.76. The Morgan fingerprint density at radius 1 is 1.22 bits per heavy atom. The second kappa shape index (κ2) is 8.11. The van der Waals surface area contributed by atoms with Gasteiger partial charge in [0.1, 0.15) is 11.9 Å². The van der Waals surface area contributed by atoms with Gasteiger partial charge in [-0.25, -0.2) is 0 Å². The van der Waals surface area contributed by atoms with Crippen LogP contribution in [0.1, 0.15) is 38.4 Å². The zero-order chi connectivity index (χ0) is 13.4. The van der Waals surface area contributed by atoms with Crippen LogP contribution in [0, 0.1) is 5.92 Å². The van der Waals surface area contributed by atoms with Crippen molar-refractivity contribution in [3.05, 3.63) is 29.8 Å². The molecule has 1 aromatic rings. The summed E-state index contributed by atoms with van der Waals surface area (Å²) < 4.78 is 10.8. The number of hydrogen-bond donors (Lipinski definition) is 1. The number of methoxy groups -OCH3 is 1. The summed E-state index contributed by atoms with van der Waals surface area (Å²) in [5, 5.41) is 10.1. The van der Waals surface area contributed by atoms with E-state index < -0.39 is 6.10 Å². The highest BCUT2D eigenvalue weighted by Crippen LogP contribution is 2.24. The average Bonchev–Trinajstić information content (AvgIpc) is 2.38. The Morgan fingerprint density at radius 2 is 1.94 bits per heavy atom. The van der Waals surface area contributed by atoms with E-state index in [1.54, 1.807) is 7.11 Å². The van der Waals surface area contributed by atoms with E-state index >= 15 is 0 Å². The second-order valence-corrected chi connectivity index (χ2v) is 4.69. The third-order valence-electron chi connectivity index (χ3n) is 2.96. The molecule has 0 heterocycles. The molecule has 0 amide bonds. The number of aliphatic hydroxyl groups excluding tert-OH is 1. The fourth-order valence-electron chi connectivity index (χ4n) is 1.99. The first-order chi connectivity index (χ1) is 8.69. The van der Waals surface area contributed by atoms with Gasteiger partial charge in [0.25, 0.3) is 0 Å². The second-order valence-electron chi connectivity index (χ2n) is 4.69. The summed E-state index contributed by atoms with van der Waals surface area (Å²) in [4.78, 5) is 0. The van der Waals surface area contributed by atoms with Crippen LogP contribution in [-0.4, -0.2) is 25.4 Å². The molecule has 3 heteroatoms. The topological polar surface area (TPSA) is 38.7 Å². The number of ether oxygens (including phenoxy) is 2. The van der Waals surface area contributed by atoms with Gasteiger partial charge in [-0.2, -0.15) is 0 Å². The van der Waals surface area contributed by atoms with Gasteiger partial charge in [-0.3, -0.25) is 0 Å². The number of aliphatic hydroxyl groups is 1. The molecule has 102 valence electrons. The fourth-order valence-corrected chi connectivity index (χ4v) is 1.99. The molecule has 3 nitrogen and oxygen atoms in total. The third-order valence-corrected chi connectivity index (χ3v) is 2.96. The first-order valence-electron chi connectivity index (χ1n) is 6.57. The Hall–Kier alpha value is -1.06. The monoisotopic (exact) mass is 252 g/mol. The molecular weight excluding hydrogens is 228 g/mol. The molecular formula is C15H24O3. The van der Waals surface area contributed by atoms with Crippen molar-refractivity contribution in [1.29, 1.82) is 0 Å². The van der Waals surface area contributed by atoms with E-state index in [9.17, 15) is 5.11 Å². The van der Waals surface area contributed by atoms with Gasteiger partial charge in [-0.05, 0) is 18.4 Å². The molecule has 1 N–H and O–H groups in total. The highest BCUT2D eigenvalue weighted by Gasteiger charge is 2.13. The largest absolute Gasteiger partial charge is 0.496 e. The number of hydrogen-bond acceptors (Lipinski definition) is 3. The van der Waals surface area contributed by atoms with E-state index in [2.05, 4.69) is 13.8 Å². The minimum Gasteiger partial charge on any atom is -0.496 e. The SMILES string of the molecule is CCCC(C)COCC(O)c1ccccc1OC. The zero-order valence-corrected chi connectivity index (χ0v) is 11.6. The van der Waals surface area contributed by atoms with E-state index in [0.29, 0.717) is 24.9 Å². The van der Waals surface area contributed by atoms with Crippen LogP contribution in [0.15, 0.2) is 24.3 Å². The van der Waals surface area contributed by atoms with Gasteiger partial charge in [0.2, 0.25) is 0 Å².